The number of amides is 2. The maximum Gasteiger partial charge on any atom is 0.270 e. The van der Waals surface area contributed by atoms with Crippen molar-refractivity contribution < 1.29 is 9.59 Å². The molecule has 1 heterocycles. The Morgan fingerprint density at radius 2 is 1.96 bits per heavy atom. The minimum atomic E-state index is -0.319. The van der Waals surface area contributed by atoms with Crippen LogP contribution in [0.3, 0.4) is 0 Å². The van der Waals surface area contributed by atoms with Crippen LogP contribution >= 0.6 is 34.5 Å². The van der Waals surface area contributed by atoms with E-state index in [9.17, 15) is 9.59 Å². The molecule has 2 aromatic rings. The fourth-order valence-electron chi connectivity index (χ4n) is 1.92. The molecule has 3 N–H and O–H groups in total. The highest BCUT2D eigenvalue weighted by molar-refractivity contribution is 7.14. The number of nitrogens with zero attached hydrogens (tertiary/aromatic N) is 1. The van der Waals surface area contributed by atoms with Crippen LogP contribution in [-0.2, 0) is 4.79 Å². The fraction of sp³-hybridized carbons (Fsp3) is 0.353. The Morgan fingerprint density at radius 1 is 1.19 bits per heavy atom. The number of aromatic nitrogens is 1. The Balaban J connectivity index is 1.81. The van der Waals surface area contributed by atoms with Crippen molar-refractivity contribution in [1.82, 2.24) is 15.6 Å². The van der Waals surface area contributed by atoms with Crippen molar-refractivity contribution in [2.75, 3.05) is 18.4 Å². The van der Waals surface area contributed by atoms with Gasteiger partial charge < -0.3 is 16.0 Å². The molecule has 0 unspecified atom stereocenters. The number of hydrogen-bond acceptors (Lipinski definition) is 5. The smallest absolute Gasteiger partial charge is 0.270 e. The molecule has 1 aromatic heterocycles. The van der Waals surface area contributed by atoms with Gasteiger partial charge in [0.25, 0.3) is 5.91 Å². The molecular formula is C17H20Cl2N4O2S. The summed E-state index contributed by atoms with van der Waals surface area (Å²) in [5, 5.41) is 11.7. The van der Waals surface area contributed by atoms with E-state index in [-0.39, 0.29) is 24.8 Å². The second-order valence-corrected chi connectivity index (χ2v) is 7.67. The Morgan fingerprint density at radius 3 is 2.65 bits per heavy atom. The van der Waals surface area contributed by atoms with E-state index >= 15 is 0 Å². The Kier molecular flexibility index (Phi) is 7.68. The molecule has 2 rings (SSSR count). The molecule has 1 aromatic carbocycles. The van der Waals surface area contributed by atoms with Crippen molar-refractivity contribution in [3.8, 4) is 0 Å². The van der Waals surface area contributed by atoms with Crippen LogP contribution in [0.2, 0.25) is 10.0 Å². The van der Waals surface area contributed by atoms with Crippen molar-refractivity contribution in [2.45, 2.75) is 20.3 Å². The van der Waals surface area contributed by atoms with E-state index < -0.39 is 0 Å². The molecular weight excluding hydrogens is 395 g/mol. The normalized spacial score (nSPS) is 10.7. The van der Waals surface area contributed by atoms with E-state index in [0.29, 0.717) is 33.3 Å². The van der Waals surface area contributed by atoms with Crippen molar-refractivity contribution in [3.05, 3.63) is 39.3 Å². The molecule has 0 radical (unpaired) electrons. The standard InChI is InChI=1S/C17H20Cl2N4O2S/c1-10(2)8-21-15(24)5-6-20-16(25)14-9-26-17(23-14)22-11-3-4-12(18)13(19)7-11/h3-4,7,9-10H,5-6,8H2,1-2H3,(H,20,25)(H,21,24)(H,22,23). The topological polar surface area (TPSA) is 83.1 Å². The summed E-state index contributed by atoms with van der Waals surface area (Å²) in [4.78, 5) is 27.9. The highest BCUT2D eigenvalue weighted by Gasteiger charge is 2.12. The largest absolute Gasteiger partial charge is 0.356 e. The summed E-state index contributed by atoms with van der Waals surface area (Å²) in [5.41, 5.74) is 1.02. The van der Waals surface area contributed by atoms with Gasteiger partial charge in [-0.05, 0) is 24.1 Å². The highest BCUT2D eigenvalue weighted by atomic mass is 35.5. The van der Waals surface area contributed by atoms with Gasteiger partial charge in [-0.25, -0.2) is 4.98 Å². The molecule has 0 saturated carbocycles. The van der Waals surface area contributed by atoms with Gasteiger partial charge in [0.05, 0.1) is 10.0 Å². The summed E-state index contributed by atoms with van der Waals surface area (Å²) in [7, 11) is 0. The Hall–Kier alpha value is -1.83. The maximum absolute atomic E-state index is 12.1. The maximum atomic E-state index is 12.1. The number of halogens is 2. The summed E-state index contributed by atoms with van der Waals surface area (Å²) in [6.07, 6.45) is 0.233. The van der Waals surface area contributed by atoms with Gasteiger partial charge in [-0.3, -0.25) is 9.59 Å². The van der Waals surface area contributed by atoms with Crippen LogP contribution in [0, 0.1) is 5.92 Å². The average molecular weight is 415 g/mol. The predicted molar refractivity (Wildman–Crippen MR) is 107 cm³/mol. The highest BCUT2D eigenvalue weighted by Crippen LogP contribution is 2.28. The van der Waals surface area contributed by atoms with Crippen LogP contribution in [0.4, 0.5) is 10.8 Å². The number of hydrogen-bond donors (Lipinski definition) is 3. The van der Waals surface area contributed by atoms with E-state index in [2.05, 4.69) is 20.9 Å². The van der Waals surface area contributed by atoms with Gasteiger partial charge in [0.1, 0.15) is 5.69 Å². The number of benzene rings is 1. The lowest BCUT2D eigenvalue weighted by Crippen LogP contribution is -2.32. The third-order valence-corrected chi connectivity index (χ3v) is 4.75. The Labute approximate surface area is 166 Å². The van der Waals surface area contributed by atoms with Crippen molar-refractivity contribution >= 4 is 57.2 Å². The Bertz CT molecular complexity index is 780. The van der Waals surface area contributed by atoms with Gasteiger partial charge in [-0.1, -0.05) is 37.0 Å². The first-order valence-corrected chi connectivity index (χ1v) is 9.71. The predicted octanol–water partition coefficient (Wildman–Crippen LogP) is 4.09. The van der Waals surface area contributed by atoms with Crippen molar-refractivity contribution in [2.24, 2.45) is 5.92 Å². The summed E-state index contributed by atoms with van der Waals surface area (Å²) >= 11 is 13.1. The zero-order valence-electron chi connectivity index (χ0n) is 14.4. The van der Waals surface area contributed by atoms with Crippen LogP contribution in [0.25, 0.3) is 0 Å². The van der Waals surface area contributed by atoms with Crippen LogP contribution in [0.1, 0.15) is 30.8 Å². The molecule has 9 heteroatoms. The quantitative estimate of drug-likeness (QED) is 0.607. The first-order valence-electron chi connectivity index (χ1n) is 8.07. The molecule has 0 aliphatic heterocycles. The van der Waals surface area contributed by atoms with Crippen LogP contribution in [-0.4, -0.2) is 29.9 Å². The van der Waals surface area contributed by atoms with E-state index in [0.717, 1.165) is 5.69 Å². The lowest BCUT2D eigenvalue weighted by molar-refractivity contribution is -0.121. The van der Waals surface area contributed by atoms with Crippen LogP contribution in [0.15, 0.2) is 23.6 Å². The summed E-state index contributed by atoms with van der Waals surface area (Å²) in [6, 6.07) is 5.13. The number of carbonyl (C=O) groups is 2. The molecule has 140 valence electrons. The van der Waals surface area contributed by atoms with Gasteiger partial charge in [0.15, 0.2) is 5.13 Å². The number of carbonyl (C=O) groups excluding carboxylic acids is 2. The van der Waals surface area contributed by atoms with Gasteiger partial charge in [0.2, 0.25) is 5.91 Å². The summed E-state index contributed by atoms with van der Waals surface area (Å²) in [5.74, 6) is -0.00987. The van der Waals surface area contributed by atoms with Crippen LogP contribution in [0.5, 0.6) is 0 Å². The molecule has 0 spiro atoms. The lowest BCUT2D eigenvalue weighted by Gasteiger charge is -2.07. The van der Waals surface area contributed by atoms with Crippen LogP contribution < -0.4 is 16.0 Å². The van der Waals surface area contributed by atoms with E-state index in [1.54, 1.807) is 23.6 Å². The second kappa shape index (κ2) is 9.75. The molecule has 0 saturated heterocycles. The number of anilines is 2. The second-order valence-electron chi connectivity index (χ2n) is 6.00. The van der Waals surface area contributed by atoms with Crippen molar-refractivity contribution in [3.63, 3.8) is 0 Å². The zero-order valence-corrected chi connectivity index (χ0v) is 16.8. The summed E-state index contributed by atoms with van der Waals surface area (Å²) in [6.45, 7) is 4.93. The third-order valence-electron chi connectivity index (χ3n) is 3.25. The number of rotatable bonds is 8. The first-order chi connectivity index (χ1) is 12.3. The molecule has 6 nitrogen and oxygen atoms in total. The van der Waals surface area contributed by atoms with Gasteiger partial charge in [0, 0.05) is 30.6 Å². The molecule has 26 heavy (non-hydrogen) atoms. The van der Waals surface area contributed by atoms with E-state index in [4.69, 9.17) is 23.2 Å². The minimum absolute atomic E-state index is 0.0840. The van der Waals surface area contributed by atoms with Gasteiger partial charge in [-0.2, -0.15) is 0 Å². The molecule has 0 bridgehead atoms. The minimum Gasteiger partial charge on any atom is -0.356 e. The SMILES string of the molecule is CC(C)CNC(=O)CCNC(=O)c1csc(Nc2ccc(Cl)c(Cl)c2)n1. The summed E-state index contributed by atoms with van der Waals surface area (Å²) < 4.78 is 0. The number of nitrogens with one attached hydrogen (secondary N) is 3. The monoisotopic (exact) mass is 414 g/mol. The van der Waals surface area contributed by atoms with E-state index in [1.807, 2.05) is 13.8 Å². The number of thiazole rings is 1. The molecule has 0 fully saturated rings. The first kappa shape index (κ1) is 20.5. The van der Waals surface area contributed by atoms with Crippen molar-refractivity contribution in [1.29, 1.82) is 0 Å². The molecule has 0 aliphatic rings. The fourth-order valence-corrected chi connectivity index (χ4v) is 2.93. The van der Waals surface area contributed by atoms with Gasteiger partial charge >= 0.3 is 0 Å². The molecule has 0 aliphatic carbocycles. The van der Waals surface area contributed by atoms with Gasteiger partial charge in [-0.15, -0.1) is 11.3 Å². The molecule has 0 atom stereocenters. The average Bonchev–Trinajstić information content (AvgIpc) is 3.05. The molecule has 2 amide bonds. The lowest BCUT2D eigenvalue weighted by atomic mass is 10.2. The van der Waals surface area contributed by atoms with E-state index in [1.165, 1.54) is 11.3 Å². The zero-order chi connectivity index (χ0) is 19.1. The third kappa shape index (κ3) is 6.48.